The summed E-state index contributed by atoms with van der Waals surface area (Å²) >= 11 is 0. The van der Waals surface area contributed by atoms with Gasteiger partial charge in [-0.3, -0.25) is 9.59 Å². The number of anilines is 2. The molecule has 2 aliphatic rings. The molecule has 4 rings (SSSR count). The maximum atomic E-state index is 12.6. The van der Waals surface area contributed by atoms with Gasteiger partial charge in [-0.2, -0.15) is 26.3 Å². The first-order chi connectivity index (χ1) is 14.0. The third-order valence-corrected chi connectivity index (χ3v) is 4.67. The summed E-state index contributed by atoms with van der Waals surface area (Å²) in [6.45, 7) is 0.630. The van der Waals surface area contributed by atoms with Gasteiger partial charge in [0.05, 0.1) is 22.5 Å². The zero-order chi connectivity index (χ0) is 22.1. The lowest BCUT2D eigenvalue weighted by atomic mass is 9.98. The Kier molecular flexibility index (Phi) is 5.78. The van der Waals surface area contributed by atoms with Crippen LogP contribution < -0.4 is 10.2 Å². The standard InChI is InChI=1S/2C10H8F3NO/c11-10(12,13)7-3-1-2-6-8(15)4-5-14-9(6)7;11-10(12,13)7-3-1-2-4-8(7)14-6-5-9(14)15/h1-3,14H,4-5H2;1-4H,5-6H2. The van der Waals surface area contributed by atoms with Gasteiger partial charge in [0.25, 0.3) is 0 Å². The molecule has 2 aliphatic heterocycles. The van der Waals surface area contributed by atoms with Gasteiger partial charge in [0.2, 0.25) is 5.91 Å². The van der Waals surface area contributed by atoms with Crippen molar-refractivity contribution in [2.75, 3.05) is 23.3 Å². The Morgan fingerprint density at radius 1 is 0.800 bits per heavy atom. The molecule has 1 amide bonds. The number of nitrogens with one attached hydrogen (secondary N) is 1. The predicted octanol–water partition coefficient (Wildman–Crippen LogP) is 5.15. The molecule has 2 heterocycles. The van der Waals surface area contributed by atoms with E-state index in [4.69, 9.17) is 0 Å². The predicted molar refractivity (Wildman–Crippen MR) is 97.3 cm³/mol. The Morgan fingerprint density at radius 3 is 2.00 bits per heavy atom. The molecule has 0 atom stereocenters. The number of rotatable bonds is 1. The molecule has 1 saturated heterocycles. The van der Waals surface area contributed by atoms with Gasteiger partial charge in [-0.05, 0) is 24.3 Å². The monoisotopic (exact) mass is 430 g/mol. The van der Waals surface area contributed by atoms with Gasteiger partial charge in [0.1, 0.15) is 0 Å². The highest BCUT2D eigenvalue weighted by molar-refractivity contribution is 6.03. The molecule has 1 fully saturated rings. The fourth-order valence-corrected chi connectivity index (χ4v) is 3.17. The van der Waals surface area contributed by atoms with E-state index in [9.17, 15) is 35.9 Å². The van der Waals surface area contributed by atoms with Crippen LogP contribution in [0.25, 0.3) is 0 Å². The quantitative estimate of drug-likeness (QED) is 0.503. The number of alkyl halides is 6. The summed E-state index contributed by atoms with van der Waals surface area (Å²) in [6, 6.07) is 8.77. The lowest BCUT2D eigenvalue weighted by Crippen LogP contribution is -2.44. The first kappa shape index (κ1) is 21.7. The number of fused-ring (bicyclic) bond motifs is 1. The van der Waals surface area contributed by atoms with E-state index in [0.29, 0.717) is 13.0 Å². The zero-order valence-corrected chi connectivity index (χ0v) is 15.4. The topological polar surface area (TPSA) is 49.4 Å². The summed E-state index contributed by atoms with van der Waals surface area (Å²) in [4.78, 5) is 23.6. The van der Waals surface area contributed by atoms with E-state index in [0.717, 1.165) is 17.0 Å². The van der Waals surface area contributed by atoms with Gasteiger partial charge in [0, 0.05) is 31.5 Å². The molecule has 0 aromatic heterocycles. The fraction of sp³-hybridized carbons (Fsp3) is 0.300. The SMILES string of the molecule is O=C1CCN1c1ccccc1C(F)(F)F.O=C1CCNc2c1cccc2C(F)(F)F. The Bertz CT molecular complexity index is 968. The van der Waals surface area contributed by atoms with Crippen molar-refractivity contribution in [2.45, 2.75) is 25.2 Å². The number of hydrogen-bond donors (Lipinski definition) is 1. The molecule has 30 heavy (non-hydrogen) atoms. The maximum absolute atomic E-state index is 12.6. The van der Waals surface area contributed by atoms with E-state index in [2.05, 4.69) is 5.32 Å². The normalized spacial score (nSPS) is 16.1. The highest BCUT2D eigenvalue weighted by atomic mass is 19.4. The summed E-state index contributed by atoms with van der Waals surface area (Å²) < 4.78 is 75.3. The first-order valence-electron chi connectivity index (χ1n) is 8.94. The largest absolute Gasteiger partial charge is 0.418 e. The Morgan fingerprint density at radius 2 is 1.43 bits per heavy atom. The highest BCUT2D eigenvalue weighted by Crippen LogP contribution is 2.39. The molecule has 4 nitrogen and oxygen atoms in total. The van der Waals surface area contributed by atoms with Crippen LogP contribution >= 0.6 is 0 Å². The van der Waals surface area contributed by atoms with Gasteiger partial charge in [-0.25, -0.2) is 0 Å². The number of halogens is 6. The molecule has 0 bridgehead atoms. The van der Waals surface area contributed by atoms with E-state index < -0.39 is 23.5 Å². The number of Topliss-reactive ketones (excluding diaryl/α,β-unsaturated/α-hetero) is 1. The molecule has 0 spiro atoms. The summed E-state index contributed by atoms with van der Waals surface area (Å²) in [5.74, 6) is -0.499. The minimum absolute atomic E-state index is 0.0405. The van der Waals surface area contributed by atoms with E-state index in [1.807, 2.05) is 0 Å². The maximum Gasteiger partial charge on any atom is 0.418 e. The molecule has 2 aromatic carbocycles. The van der Waals surface area contributed by atoms with Crippen molar-refractivity contribution in [3.63, 3.8) is 0 Å². The number of benzene rings is 2. The van der Waals surface area contributed by atoms with E-state index in [-0.39, 0.29) is 41.6 Å². The van der Waals surface area contributed by atoms with Crippen LogP contribution in [0, 0.1) is 0 Å². The average molecular weight is 430 g/mol. The van der Waals surface area contributed by atoms with Crippen LogP contribution in [0.1, 0.15) is 34.3 Å². The number of para-hydroxylation sites is 2. The third-order valence-electron chi connectivity index (χ3n) is 4.67. The second-order valence-corrected chi connectivity index (χ2v) is 6.64. The van der Waals surface area contributed by atoms with Crippen LogP contribution in [-0.4, -0.2) is 24.8 Å². The van der Waals surface area contributed by atoms with Crippen molar-refractivity contribution in [2.24, 2.45) is 0 Å². The van der Waals surface area contributed by atoms with Crippen molar-refractivity contribution >= 4 is 23.1 Å². The molecule has 1 N–H and O–H groups in total. The van der Waals surface area contributed by atoms with Crippen molar-refractivity contribution in [3.05, 3.63) is 59.2 Å². The molecule has 0 radical (unpaired) electrons. The van der Waals surface area contributed by atoms with Crippen LogP contribution in [0.2, 0.25) is 0 Å². The van der Waals surface area contributed by atoms with Gasteiger partial charge >= 0.3 is 12.4 Å². The molecule has 2 aromatic rings. The van der Waals surface area contributed by atoms with Crippen LogP contribution in [0.15, 0.2) is 42.5 Å². The smallest absolute Gasteiger partial charge is 0.384 e. The highest BCUT2D eigenvalue weighted by Gasteiger charge is 2.38. The minimum Gasteiger partial charge on any atom is -0.384 e. The number of ketones is 1. The van der Waals surface area contributed by atoms with Crippen LogP contribution in [0.4, 0.5) is 37.7 Å². The molecular formula is C20H16F6N2O2. The third kappa shape index (κ3) is 4.42. The fourth-order valence-electron chi connectivity index (χ4n) is 3.17. The molecule has 0 aliphatic carbocycles. The van der Waals surface area contributed by atoms with Gasteiger partial charge in [-0.15, -0.1) is 0 Å². The molecule has 160 valence electrons. The van der Waals surface area contributed by atoms with Crippen LogP contribution in [-0.2, 0) is 17.1 Å². The lowest BCUT2D eigenvalue weighted by molar-refractivity contribution is -0.138. The van der Waals surface area contributed by atoms with Crippen LogP contribution in [0.3, 0.4) is 0 Å². The summed E-state index contributed by atoms with van der Waals surface area (Å²) in [6.07, 6.45) is -8.26. The number of hydrogen-bond acceptors (Lipinski definition) is 3. The molecule has 0 saturated carbocycles. The van der Waals surface area contributed by atoms with Gasteiger partial charge in [0.15, 0.2) is 5.78 Å². The Hall–Kier alpha value is -3.04. The summed E-state index contributed by atoms with van der Waals surface area (Å²) in [5.41, 5.74) is -1.51. The van der Waals surface area contributed by atoms with Crippen molar-refractivity contribution in [1.29, 1.82) is 0 Å². The molecular weight excluding hydrogens is 414 g/mol. The zero-order valence-electron chi connectivity index (χ0n) is 15.4. The van der Waals surface area contributed by atoms with E-state index >= 15 is 0 Å². The van der Waals surface area contributed by atoms with Gasteiger partial charge < -0.3 is 10.2 Å². The lowest BCUT2D eigenvalue weighted by Gasteiger charge is -2.32. The first-order valence-corrected chi connectivity index (χ1v) is 8.94. The van der Waals surface area contributed by atoms with Crippen LogP contribution in [0.5, 0.6) is 0 Å². The van der Waals surface area contributed by atoms with Gasteiger partial charge in [-0.1, -0.05) is 18.2 Å². The Labute approximate surface area is 167 Å². The number of nitrogens with zero attached hydrogens (tertiary/aromatic N) is 1. The second kappa shape index (κ2) is 8.00. The van der Waals surface area contributed by atoms with E-state index in [1.54, 1.807) is 0 Å². The number of amides is 1. The van der Waals surface area contributed by atoms with Crippen molar-refractivity contribution < 1.29 is 35.9 Å². The summed E-state index contributed by atoms with van der Waals surface area (Å²) in [7, 11) is 0. The average Bonchev–Trinajstić information content (AvgIpc) is 2.66. The molecule has 10 heteroatoms. The van der Waals surface area contributed by atoms with Crippen molar-refractivity contribution in [1.82, 2.24) is 0 Å². The number of carbonyl (C=O) groups is 2. The minimum atomic E-state index is -4.42. The second-order valence-electron chi connectivity index (χ2n) is 6.64. The molecule has 0 unspecified atom stereocenters. The van der Waals surface area contributed by atoms with E-state index in [1.165, 1.54) is 30.3 Å². The number of β-lactam (4-membered cyclic amide) rings is 1. The number of carbonyl (C=O) groups excluding carboxylic acids is 2. The van der Waals surface area contributed by atoms with Crippen molar-refractivity contribution in [3.8, 4) is 0 Å². The summed E-state index contributed by atoms with van der Waals surface area (Å²) in [5, 5.41) is 2.63. The Balaban J connectivity index is 0.000000171.